The Bertz CT molecular complexity index is 1130. The predicted molar refractivity (Wildman–Crippen MR) is 116 cm³/mol. The summed E-state index contributed by atoms with van der Waals surface area (Å²) >= 11 is 2.89. The summed E-state index contributed by atoms with van der Waals surface area (Å²) in [7, 11) is 3.86. The van der Waals surface area contributed by atoms with Gasteiger partial charge in [0, 0.05) is 19.5 Å². The zero-order valence-electron chi connectivity index (χ0n) is 15.8. The second-order valence-electron chi connectivity index (χ2n) is 6.46. The summed E-state index contributed by atoms with van der Waals surface area (Å²) in [6, 6.07) is 12.3. The molecule has 0 bridgehead atoms. The zero-order valence-corrected chi connectivity index (χ0v) is 17.4. The van der Waals surface area contributed by atoms with Crippen molar-refractivity contribution in [3.63, 3.8) is 0 Å². The van der Waals surface area contributed by atoms with Gasteiger partial charge < -0.3 is 9.64 Å². The number of thiazole rings is 1. The minimum atomic E-state index is 0.371. The third kappa shape index (κ3) is 3.88. The van der Waals surface area contributed by atoms with Crippen LogP contribution in [0.2, 0.25) is 0 Å². The molecule has 0 fully saturated rings. The van der Waals surface area contributed by atoms with Crippen molar-refractivity contribution in [3.8, 4) is 17.0 Å². The molecule has 2 aromatic carbocycles. The van der Waals surface area contributed by atoms with Crippen molar-refractivity contribution in [1.29, 1.82) is 0 Å². The van der Waals surface area contributed by atoms with Crippen molar-refractivity contribution in [2.75, 3.05) is 14.1 Å². The number of aromatic nitrogens is 3. The van der Waals surface area contributed by atoms with Gasteiger partial charge in [0.05, 0.1) is 22.5 Å². The lowest BCUT2D eigenvalue weighted by molar-refractivity contribution is 0.304. The molecule has 0 radical (unpaired) electrons. The fourth-order valence-electron chi connectivity index (χ4n) is 2.82. The van der Waals surface area contributed by atoms with E-state index in [4.69, 9.17) is 4.74 Å². The molecule has 2 heterocycles. The number of rotatable bonds is 6. The first kappa shape index (κ1) is 18.5. The third-order valence-electron chi connectivity index (χ3n) is 4.09. The lowest BCUT2D eigenvalue weighted by Gasteiger charge is -2.12. The van der Waals surface area contributed by atoms with Gasteiger partial charge in [-0.3, -0.25) is 0 Å². The smallest absolute Gasteiger partial charge is 0.210 e. The van der Waals surface area contributed by atoms with Crippen molar-refractivity contribution >= 4 is 45.1 Å². The highest BCUT2D eigenvalue weighted by Crippen LogP contribution is 2.38. The van der Waals surface area contributed by atoms with E-state index in [0.717, 1.165) is 38.4 Å². The van der Waals surface area contributed by atoms with Crippen molar-refractivity contribution in [1.82, 2.24) is 19.5 Å². The highest BCUT2D eigenvalue weighted by molar-refractivity contribution is 7.13. The van der Waals surface area contributed by atoms with Gasteiger partial charge in [0.25, 0.3) is 0 Å². The molecule has 0 unspecified atom stereocenters. The Balaban J connectivity index is 1.65. The van der Waals surface area contributed by atoms with E-state index in [0.29, 0.717) is 11.7 Å². The van der Waals surface area contributed by atoms with Crippen LogP contribution in [-0.2, 0) is 6.61 Å². The quantitative estimate of drug-likeness (QED) is 0.334. The van der Waals surface area contributed by atoms with Crippen molar-refractivity contribution < 1.29 is 4.74 Å². The Kier molecular flexibility index (Phi) is 5.31. The molecule has 0 aliphatic carbocycles. The van der Waals surface area contributed by atoms with Crippen molar-refractivity contribution in [2.24, 2.45) is 4.99 Å². The molecule has 4 rings (SSSR count). The maximum atomic E-state index is 6.17. The van der Waals surface area contributed by atoms with Gasteiger partial charge in [0.2, 0.25) is 5.13 Å². The Morgan fingerprint density at radius 2 is 2.04 bits per heavy atom. The normalized spacial score (nSPS) is 11.4. The van der Waals surface area contributed by atoms with Crippen LogP contribution in [0, 0.1) is 6.92 Å². The van der Waals surface area contributed by atoms with E-state index in [9.17, 15) is 0 Å². The Labute approximate surface area is 171 Å². The number of aliphatic imine (C=N–C) groups is 1. The van der Waals surface area contributed by atoms with Gasteiger partial charge in [-0.05, 0) is 35.3 Å². The van der Waals surface area contributed by atoms with E-state index < -0.39 is 0 Å². The fourth-order valence-corrected chi connectivity index (χ4v) is 3.93. The molecule has 0 saturated heterocycles. The van der Waals surface area contributed by atoms with Crippen LogP contribution in [0.3, 0.4) is 0 Å². The number of aryl methyl sites for hydroxylation is 1. The first-order valence-electron chi connectivity index (χ1n) is 8.70. The Hall–Kier alpha value is -2.84. The van der Waals surface area contributed by atoms with Gasteiger partial charge in [0.15, 0.2) is 0 Å². The lowest BCUT2D eigenvalue weighted by Crippen LogP contribution is -2.06. The maximum absolute atomic E-state index is 6.17. The van der Waals surface area contributed by atoms with Gasteiger partial charge in [-0.25, -0.2) is 9.98 Å². The monoisotopic (exact) mass is 409 g/mol. The maximum Gasteiger partial charge on any atom is 0.210 e. The molecular formula is C20H19N5OS2. The molecule has 28 heavy (non-hydrogen) atoms. The van der Waals surface area contributed by atoms with Crippen molar-refractivity contribution in [2.45, 2.75) is 13.5 Å². The summed E-state index contributed by atoms with van der Waals surface area (Å²) in [5, 5.41) is 9.28. The molecule has 4 aromatic rings. The van der Waals surface area contributed by atoms with Gasteiger partial charge in [-0.1, -0.05) is 34.8 Å². The number of hydrogen-bond acceptors (Lipinski definition) is 7. The van der Waals surface area contributed by atoms with Crippen molar-refractivity contribution in [3.05, 3.63) is 52.3 Å². The topological polar surface area (TPSA) is 63.5 Å². The molecule has 2 aromatic heterocycles. The van der Waals surface area contributed by atoms with E-state index in [1.54, 1.807) is 6.34 Å². The first-order valence-corrected chi connectivity index (χ1v) is 10.4. The van der Waals surface area contributed by atoms with Crippen LogP contribution >= 0.6 is 22.9 Å². The first-order chi connectivity index (χ1) is 13.6. The van der Waals surface area contributed by atoms with Gasteiger partial charge >= 0.3 is 0 Å². The predicted octanol–water partition coefficient (Wildman–Crippen LogP) is 4.92. The van der Waals surface area contributed by atoms with Crippen LogP contribution in [0.4, 0.5) is 5.13 Å². The third-order valence-corrected chi connectivity index (χ3v) is 5.52. The molecule has 0 N–H and O–H groups in total. The number of benzene rings is 2. The van der Waals surface area contributed by atoms with E-state index in [2.05, 4.69) is 37.8 Å². The van der Waals surface area contributed by atoms with E-state index >= 15 is 0 Å². The SMILES string of the molecule is Cc1snnc1-c1c(OCc2csc(N=CN(C)C)n2)ccc2ccccc12. The van der Waals surface area contributed by atoms with Gasteiger partial charge in [-0.2, -0.15) is 0 Å². The molecule has 0 spiro atoms. The zero-order chi connectivity index (χ0) is 19.5. The standard InChI is InChI=1S/C20H19N5OS2/c1-13-19(23-24-28-13)18-16-7-5-4-6-14(16)8-9-17(18)26-10-15-11-27-20(22-15)21-12-25(2)3/h4-9,11-12H,10H2,1-3H3. The molecule has 0 amide bonds. The molecular weight excluding hydrogens is 390 g/mol. The highest BCUT2D eigenvalue weighted by Gasteiger charge is 2.17. The van der Waals surface area contributed by atoms with E-state index in [1.165, 1.54) is 22.9 Å². The van der Waals surface area contributed by atoms with E-state index in [1.807, 2.05) is 49.5 Å². The lowest BCUT2D eigenvalue weighted by atomic mass is 10.0. The van der Waals surface area contributed by atoms with Gasteiger partial charge in [0.1, 0.15) is 18.1 Å². The largest absolute Gasteiger partial charge is 0.487 e. The Morgan fingerprint density at radius 3 is 2.82 bits per heavy atom. The second kappa shape index (κ2) is 8.04. The molecule has 0 saturated carbocycles. The summed E-state index contributed by atoms with van der Waals surface area (Å²) in [4.78, 5) is 11.8. The molecule has 6 nitrogen and oxygen atoms in total. The van der Waals surface area contributed by atoms with Crippen LogP contribution < -0.4 is 4.74 Å². The number of ether oxygens (including phenoxy) is 1. The number of nitrogens with zero attached hydrogens (tertiary/aromatic N) is 5. The minimum absolute atomic E-state index is 0.371. The second-order valence-corrected chi connectivity index (χ2v) is 8.25. The van der Waals surface area contributed by atoms with Crippen LogP contribution in [0.1, 0.15) is 10.6 Å². The van der Waals surface area contributed by atoms with Crippen LogP contribution in [0.5, 0.6) is 5.75 Å². The molecule has 0 atom stereocenters. The Morgan fingerprint density at radius 1 is 1.18 bits per heavy atom. The average molecular weight is 410 g/mol. The summed E-state index contributed by atoms with van der Waals surface area (Å²) in [5.41, 5.74) is 2.69. The van der Waals surface area contributed by atoms with Crippen LogP contribution in [-0.4, -0.2) is 39.9 Å². The number of fused-ring (bicyclic) bond motifs is 1. The summed E-state index contributed by atoms with van der Waals surface area (Å²) in [6.07, 6.45) is 1.74. The summed E-state index contributed by atoms with van der Waals surface area (Å²) in [5.74, 6) is 0.779. The minimum Gasteiger partial charge on any atom is -0.487 e. The molecule has 142 valence electrons. The highest BCUT2D eigenvalue weighted by atomic mass is 32.1. The fraction of sp³-hybridized carbons (Fsp3) is 0.200. The summed E-state index contributed by atoms with van der Waals surface area (Å²) < 4.78 is 10.3. The van der Waals surface area contributed by atoms with Crippen LogP contribution in [0.25, 0.3) is 22.0 Å². The molecule has 0 aliphatic heterocycles. The van der Waals surface area contributed by atoms with Crippen LogP contribution in [0.15, 0.2) is 46.8 Å². The number of hydrogen-bond donors (Lipinski definition) is 0. The summed E-state index contributed by atoms with van der Waals surface area (Å²) in [6.45, 7) is 2.40. The molecule has 8 heteroatoms. The van der Waals surface area contributed by atoms with E-state index in [-0.39, 0.29) is 0 Å². The average Bonchev–Trinajstić information content (AvgIpc) is 3.33. The molecule has 0 aliphatic rings. The van der Waals surface area contributed by atoms with Gasteiger partial charge in [-0.15, -0.1) is 16.4 Å².